The minimum atomic E-state index is -4.43. The van der Waals surface area contributed by atoms with Crippen LogP contribution < -0.4 is 14.8 Å². The second kappa shape index (κ2) is 6.85. The van der Waals surface area contributed by atoms with Crippen molar-refractivity contribution in [3.8, 4) is 11.5 Å². The number of rotatable bonds is 5. The van der Waals surface area contributed by atoms with Crippen LogP contribution in [0, 0.1) is 0 Å². The van der Waals surface area contributed by atoms with Gasteiger partial charge in [-0.05, 0) is 41.8 Å². The highest BCUT2D eigenvalue weighted by Crippen LogP contribution is 2.52. The van der Waals surface area contributed by atoms with E-state index in [0.717, 1.165) is 12.0 Å². The minimum Gasteiger partial charge on any atom is -0.486 e. The van der Waals surface area contributed by atoms with Gasteiger partial charge in [-0.15, -0.1) is 0 Å². The SMILES string of the molecule is CCc1ccc(NC(c2ccc3c(c2)OCCO3)P(=O)(O)O)cc1. The first-order valence-corrected chi connectivity index (χ1v) is 9.46. The zero-order chi connectivity index (χ0) is 17.2. The van der Waals surface area contributed by atoms with Crippen molar-refractivity contribution < 1.29 is 23.8 Å². The third kappa shape index (κ3) is 3.73. The summed E-state index contributed by atoms with van der Waals surface area (Å²) in [5, 5.41) is 2.93. The molecule has 3 N–H and O–H groups in total. The van der Waals surface area contributed by atoms with Gasteiger partial charge < -0.3 is 24.6 Å². The van der Waals surface area contributed by atoms with Gasteiger partial charge in [0, 0.05) is 5.69 Å². The summed E-state index contributed by atoms with van der Waals surface area (Å²) in [6.07, 6.45) is 0.907. The van der Waals surface area contributed by atoms with Crippen molar-refractivity contribution in [3.05, 3.63) is 53.6 Å². The van der Waals surface area contributed by atoms with Crippen LogP contribution in [-0.4, -0.2) is 23.0 Å². The van der Waals surface area contributed by atoms with Crippen molar-refractivity contribution in [3.63, 3.8) is 0 Å². The molecule has 1 heterocycles. The van der Waals surface area contributed by atoms with Crippen LogP contribution in [0.25, 0.3) is 0 Å². The lowest BCUT2D eigenvalue weighted by Gasteiger charge is -2.24. The summed E-state index contributed by atoms with van der Waals surface area (Å²) in [4.78, 5) is 19.5. The van der Waals surface area contributed by atoms with Gasteiger partial charge in [-0.2, -0.15) is 0 Å². The first kappa shape index (κ1) is 16.8. The van der Waals surface area contributed by atoms with Crippen molar-refractivity contribution in [1.82, 2.24) is 0 Å². The maximum absolute atomic E-state index is 12.0. The summed E-state index contributed by atoms with van der Waals surface area (Å²) in [6.45, 7) is 2.94. The molecule has 1 unspecified atom stereocenters. The molecule has 0 saturated heterocycles. The van der Waals surface area contributed by atoms with Crippen molar-refractivity contribution in [1.29, 1.82) is 0 Å². The van der Waals surface area contributed by atoms with Crippen molar-refractivity contribution >= 4 is 13.3 Å². The topological polar surface area (TPSA) is 88.0 Å². The highest BCUT2D eigenvalue weighted by atomic mass is 31.2. The van der Waals surface area contributed by atoms with Crippen LogP contribution in [0.5, 0.6) is 11.5 Å². The number of aryl methyl sites for hydroxylation is 1. The molecule has 128 valence electrons. The summed E-state index contributed by atoms with van der Waals surface area (Å²) in [6, 6.07) is 12.4. The van der Waals surface area contributed by atoms with Crippen LogP contribution in [0.15, 0.2) is 42.5 Å². The number of fused-ring (bicyclic) bond motifs is 1. The minimum absolute atomic E-state index is 0.420. The summed E-state index contributed by atoms with van der Waals surface area (Å²) in [5.74, 6) is -0.0668. The molecule has 0 fully saturated rings. The van der Waals surface area contributed by atoms with E-state index in [9.17, 15) is 14.4 Å². The van der Waals surface area contributed by atoms with Gasteiger partial charge >= 0.3 is 7.60 Å². The summed E-state index contributed by atoms with van der Waals surface area (Å²) >= 11 is 0. The van der Waals surface area contributed by atoms with E-state index in [1.165, 1.54) is 0 Å². The Hall–Kier alpha value is -2.01. The van der Waals surface area contributed by atoms with E-state index in [2.05, 4.69) is 12.2 Å². The summed E-state index contributed by atoms with van der Waals surface area (Å²) < 4.78 is 22.9. The Balaban J connectivity index is 1.90. The van der Waals surface area contributed by atoms with Crippen LogP contribution in [0.3, 0.4) is 0 Å². The fourth-order valence-electron chi connectivity index (χ4n) is 2.59. The van der Waals surface area contributed by atoms with Gasteiger partial charge in [0.25, 0.3) is 0 Å². The molecule has 0 aliphatic carbocycles. The van der Waals surface area contributed by atoms with Crippen LogP contribution >= 0.6 is 7.60 Å². The Morgan fingerprint density at radius 2 is 1.75 bits per heavy atom. The van der Waals surface area contributed by atoms with Crippen LogP contribution in [0.4, 0.5) is 5.69 Å². The Kier molecular flexibility index (Phi) is 4.81. The fraction of sp³-hybridized carbons (Fsp3) is 0.294. The van der Waals surface area contributed by atoms with Crippen LogP contribution in [0.1, 0.15) is 23.8 Å². The van der Waals surface area contributed by atoms with Gasteiger partial charge in [-0.25, -0.2) is 0 Å². The lowest BCUT2D eigenvalue weighted by atomic mass is 10.1. The molecule has 6 nitrogen and oxygen atoms in total. The van der Waals surface area contributed by atoms with E-state index in [1.807, 2.05) is 24.3 Å². The number of benzene rings is 2. The molecule has 0 bridgehead atoms. The molecule has 0 aromatic heterocycles. The molecule has 1 aliphatic heterocycles. The van der Waals surface area contributed by atoms with Gasteiger partial charge in [0.2, 0.25) is 0 Å². The molecule has 1 atom stereocenters. The van der Waals surface area contributed by atoms with Crippen molar-refractivity contribution in [2.75, 3.05) is 18.5 Å². The summed E-state index contributed by atoms with van der Waals surface area (Å²) in [5.41, 5.74) is 2.26. The predicted molar refractivity (Wildman–Crippen MR) is 91.7 cm³/mol. The Morgan fingerprint density at radius 3 is 2.38 bits per heavy atom. The molecular weight excluding hydrogens is 329 g/mol. The van der Waals surface area contributed by atoms with Gasteiger partial charge in [-0.1, -0.05) is 25.1 Å². The first-order chi connectivity index (χ1) is 11.5. The Morgan fingerprint density at radius 1 is 1.08 bits per heavy atom. The summed E-state index contributed by atoms with van der Waals surface area (Å²) in [7, 11) is -4.43. The lowest BCUT2D eigenvalue weighted by Crippen LogP contribution is -2.17. The molecule has 2 aromatic rings. The van der Waals surface area contributed by atoms with Gasteiger partial charge in [0.1, 0.15) is 13.2 Å². The number of hydrogen-bond donors (Lipinski definition) is 3. The third-order valence-corrected chi connectivity index (χ3v) is 4.98. The monoisotopic (exact) mass is 349 g/mol. The number of hydrogen-bond acceptors (Lipinski definition) is 4. The molecular formula is C17H20NO5P. The largest absolute Gasteiger partial charge is 0.486 e. The highest BCUT2D eigenvalue weighted by Gasteiger charge is 2.31. The van der Waals surface area contributed by atoms with Gasteiger partial charge in [-0.3, -0.25) is 4.57 Å². The van der Waals surface area contributed by atoms with Gasteiger partial charge in [0.15, 0.2) is 17.3 Å². The zero-order valence-corrected chi connectivity index (χ0v) is 14.2. The third-order valence-electron chi connectivity index (χ3n) is 3.88. The van der Waals surface area contributed by atoms with E-state index in [-0.39, 0.29) is 0 Å². The molecule has 24 heavy (non-hydrogen) atoms. The van der Waals surface area contributed by atoms with Crippen LogP contribution in [0.2, 0.25) is 0 Å². The van der Waals surface area contributed by atoms with Crippen LogP contribution in [-0.2, 0) is 11.0 Å². The Labute approximate surface area is 140 Å². The fourth-order valence-corrected chi connectivity index (χ4v) is 3.45. The highest BCUT2D eigenvalue weighted by molar-refractivity contribution is 7.52. The van der Waals surface area contributed by atoms with E-state index >= 15 is 0 Å². The maximum Gasteiger partial charge on any atom is 0.352 e. The molecule has 0 spiro atoms. The predicted octanol–water partition coefficient (Wildman–Crippen LogP) is 3.31. The number of ether oxygens (including phenoxy) is 2. The average molecular weight is 349 g/mol. The smallest absolute Gasteiger partial charge is 0.352 e. The van der Waals surface area contributed by atoms with E-state index in [0.29, 0.717) is 36.0 Å². The molecule has 2 aromatic carbocycles. The zero-order valence-electron chi connectivity index (χ0n) is 13.3. The normalized spacial score (nSPS) is 15.0. The molecule has 0 radical (unpaired) electrons. The van der Waals surface area contributed by atoms with E-state index < -0.39 is 13.4 Å². The average Bonchev–Trinajstić information content (AvgIpc) is 2.59. The van der Waals surface area contributed by atoms with E-state index in [1.54, 1.807) is 18.2 Å². The maximum atomic E-state index is 12.0. The van der Waals surface area contributed by atoms with Gasteiger partial charge in [0.05, 0.1) is 0 Å². The molecule has 3 rings (SSSR count). The quantitative estimate of drug-likeness (QED) is 0.718. The van der Waals surface area contributed by atoms with E-state index in [4.69, 9.17) is 9.47 Å². The molecule has 0 amide bonds. The number of nitrogens with one attached hydrogen (secondary N) is 1. The molecule has 1 aliphatic rings. The second-order valence-electron chi connectivity index (χ2n) is 5.59. The van der Waals surface area contributed by atoms with Crippen molar-refractivity contribution in [2.24, 2.45) is 0 Å². The lowest BCUT2D eigenvalue weighted by molar-refractivity contribution is 0.171. The van der Waals surface area contributed by atoms with Crippen molar-refractivity contribution in [2.45, 2.75) is 19.1 Å². The molecule has 0 saturated carbocycles. The first-order valence-electron chi connectivity index (χ1n) is 7.77. The standard InChI is InChI=1S/C17H20NO5P/c1-2-12-3-6-14(7-4-12)18-17(24(19,20)21)13-5-8-15-16(11-13)23-10-9-22-15/h3-8,11,17-18H,2,9-10H2,1H3,(H2,19,20,21). The Bertz CT molecular complexity index is 756. The molecule has 7 heteroatoms. The second-order valence-corrected chi connectivity index (χ2v) is 7.28. The number of anilines is 1.